The molecule has 0 saturated carbocycles. The third kappa shape index (κ3) is 3.00. The molecule has 2 rings (SSSR count). The Morgan fingerprint density at radius 3 is 2.74 bits per heavy atom. The number of rotatable bonds is 4. The van der Waals surface area contributed by atoms with Crippen LogP contribution in [0.1, 0.15) is 11.4 Å². The van der Waals surface area contributed by atoms with Crippen molar-refractivity contribution in [1.82, 2.24) is 9.97 Å². The molecule has 0 fully saturated rings. The van der Waals surface area contributed by atoms with Gasteiger partial charge in [0.15, 0.2) is 0 Å². The molecule has 0 aliphatic carbocycles. The van der Waals surface area contributed by atoms with Crippen LogP contribution >= 0.6 is 0 Å². The van der Waals surface area contributed by atoms with Gasteiger partial charge in [-0.05, 0) is 24.6 Å². The second kappa shape index (κ2) is 5.67. The van der Waals surface area contributed by atoms with E-state index in [-0.39, 0.29) is 0 Å². The van der Waals surface area contributed by atoms with Crippen LogP contribution in [0, 0.1) is 6.92 Å². The lowest BCUT2D eigenvalue weighted by molar-refractivity contribution is 1.01. The van der Waals surface area contributed by atoms with Gasteiger partial charge >= 0.3 is 0 Å². The van der Waals surface area contributed by atoms with Crippen molar-refractivity contribution >= 4 is 17.3 Å². The van der Waals surface area contributed by atoms with Crippen LogP contribution in [0.15, 0.2) is 30.3 Å². The second-order valence-electron chi connectivity index (χ2n) is 4.34. The molecule has 0 saturated heterocycles. The Bertz CT molecular complexity index is 568. The highest BCUT2D eigenvalue weighted by atomic mass is 15.2. The lowest BCUT2D eigenvalue weighted by atomic mass is 10.2. The molecule has 0 bridgehead atoms. The van der Waals surface area contributed by atoms with Gasteiger partial charge in [0.1, 0.15) is 17.5 Å². The molecule has 0 aliphatic rings. The molecule has 1 aromatic heterocycles. The summed E-state index contributed by atoms with van der Waals surface area (Å²) in [5.74, 6) is 2.40. The van der Waals surface area contributed by atoms with E-state index in [1.54, 1.807) is 0 Å². The van der Waals surface area contributed by atoms with Gasteiger partial charge in [0.05, 0.1) is 0 Å². The predicted molar refractivity (Wildman–Crippen MR) is 78.7 cm³/mol. The van der Waals surface area contributed by atoms with Crippen LogP contribution in [-0.2, 0) is 6.54 Å². The molecule has 19 heavy (non-hydrogen) atoms. The van der Waals surface area contributed by atoms with Crippen molar-refractivity contribution in [2.24, 2.45) is 5.73 Å². The summed E-state index contributed by atoms with van der Waals surface area (Å²) in [4.78, 5) is 10.8. The molecule has 1 aromatic carbocycles. The van der Waals surface area contributed by atoms with Crippen molar-refractivity contribution < 1.29 is 0 Å². The quantitative estimate of drug-likeness (QED) is 0.877. The molecular formula is C14H19N5. The highest BCUT2D eigenvalue weighted by molar-refractivity contribution is 5.62. The molecule has 0 radical (unpaired) electrons. The summed E-state index contributed by atoms with van der Waals surface area (Å²) in [7, 11) is 3.83. The van der Waals surface area contributed by atoms with E-state index in [9.17, 15) is 0 Å². The average Bonchev–Trinajstić information content (AvgIpc) is 2.45. The van der Waals surface area contributed by atoms with Gasteiger partial charge in [0.25, 0.3) is 0 Å². The summed E-state index contributed by atoms with van der Waals surface area (Å²) in [5.41, 5.74) is 7.83. The van der Waals surface area contributed by atoms with Crippen LogP contribution < -0.4 is 16.0 Å². The number of aromatic nitrogens is 2. The van der Waals surface area contributed by atoms with Gasteiger partial charge in [-0.3, -0.25) is 0 Å². The van der Waals surface area contributed by atoms with Crippen molar-refractivity contribution in [2.75, 3.05) is 24.3 Å². The molecule has 5 heteroatoms. The summed E-state index contributed by atoms with van der Waals surface area (Å²) in [5, 5.41) is 3.04. The van der Waals surface area contributed by atoms with Crippen LogP contribution in [0.25, 0.3) is 0 Å². The zero-order valence-corrected chi connectivity index (χ0v) is 11.5. The number of nitrogens with two attached hydrogens (primary N) is 1. The summed E-state index contributed by atoms with van der Waals surface area (Å²) in [6.45, 7) is 2.42. The van der Waals surface area contributed by atoms with Crippen molar-refractivity contribution in [3.05, 3.63) is 41.7 Å². The minimum Gasteiger partial charge on any atom is -0.373 e. The Morgan fingerprint density at radius 2 is 2.05 bits per heavy atom. The number of hydrogen-bond donors (Lipinski definition) is 2. The minimum absolute atomic E-state index is 0.534. The van der Waals surface area contributed by atoms with Crippen molar-refractivity contribution in [1.29, 1.82) is 0 Å². The van der Waals surface area contributed by atoms with Crippen LogP contribution in [0.3, 0.4) is 0 Å². The Balaban J connectivity index is 2.37. The Morgan fingerprint density at radius 1 is 1.26 bits per heavy atom. The third-order valence-corrected chi connectivity index (χ3v) is 2.96. The molecule has 0 amide bonds. The standard InChI is InChI=1S/C14H19N5/c1-10-17-13(16-2)8-14(18-10)19(3)12-6-4-5-11(7-12)9-15/h4-8H,9,15H2,1-3H3,(H,16,17,18). The lowest BCUT2D eigenvalue weighted by Gasteiger charge is -2.20. The first-order valence-corrected chi connectivity index (χ1v) is 6.20. The van der Waals surface area contributed by atoms with Crippen molar-refractivity contribution in [3.63, 3.8) is 0 Å². The minimum atomic E-state index is 0.534. The van der Waals surface area contributed by atoms with Gasteiger partial charge in [-0.15, -0.1) is 0 Å². The zero-order chi connectivity index (χ0) is 13.8. The number of hydrogen-bond acceptors (Lipinski definition) is 5. The van der Waals surface area contributed by atoms with E-state index in [1.807, 2.05) is 50.2 Å². The van der Waals surface area contributed by atoms with Gasteiger partial charge in [-0.2, -0.15) is 0 Å². The largest absolute Gasteiger partial charge is 0.373 e. The maximum atomic E-state index is 5.67. The molecule has 0 spiro atoms. The summed E-state index contributed by atoms with van der Waals surface area (Å²) >= 11 is 0. The molecule has 1 heterocycles. The SMILES string of the molecule is CNc1cc(N(C)c2cccc(CN)c2)nc(C)n1. The predicted octanol–water partition coefficient (Wildman–Crippen LogP) is 2.05. The van der Waals surface area contributed by atoms with Gasteiger partial charge in [0, 0.05) is 32.4 Å². The van der Waals surface area contributed by atoms with E-state index >= 15 is 0 Å². The lowest BCUT2D eigenvalue weighted by Crippen LogP contribution is -2.13. The smallest absolute Gasteiger partial charge is 0.138 e. The number of benzene rings is 1. The molecule has 5 nitrogen and oxygen atoms in total. The Labute approximate surface area is 113 Å². The summed E-state index contributed by atoms with van der Waals surface area (Å²) < 4.78 is 0. The Hall–Kier alpha value is -2.14. The monoisotopic (exact) mass is 257 g/mol. The van der Waals surface area contributed by atoms with Crippen molar-refractivity contribution in [3.8, 4) is 0 Å². The topological polar surface area (TPSA) is 67.1 Å². The van der Waals surface area contributed by atoms with Crippen LogP contribution in [0.5, 0.6) is 0 Å². The maximum Gasteiger partial charge on any atom is 0.138 e. The fraction of sp³-hybridized carbons (Fsp3) is 0.286. The highest BCUT2D eigenvalue weighted by Gasteiger charge is 2.08. The first-order valence-electron chi connectivity index (χ1n) is 6.20. The Kier molecular flexibility index (Phi) is 3.97. The fourth-order valence-electron chi connectivity index (χ4n) is 1.88. The van der Waals surface area contributed by atoms with E-state index in [1.165, 1.54) is 0 Å². The normalized spacial score (nSPS) is 10.3. The zero-order valence-electron chi connectivity index (χ0n) is 11.5. The van der Waals surface area contributed by atoms with Gasteiger partial charge in [-0.1, -0.05) is 12.1 Å². The van der Waals surface area contributed by atoms with Crippen molar-refractivity contribution in [2.45, 2.75) is 13.5 Å². The summed E-state index contributed by atoms with van der Waals surface area (Å²) in [6, 6.07) is 10.0. The third-order valence-electron chi connectivity index (χ3n) is 2.96. The first-order chi connectivity index (χ1) is 9.13. The second-order valence-corrected chi connectivity index (χ2v) is 4.34. The van der Waals surface area contributed by atoms with Crippen LogP contribution in [0.4, 0.5) is 17.3 Å². The van der Waals surface area contributed by atoms with E-state index < -0.39 is 0 Å². The maximum absolute atomic E-state index is 5.67. The number of anilines is 3. The molecule has 0 unspecified atom stereocenters. The highest BCUT2D eigenvalue weighted by Crippen LogP contribution is 2.24. The van der Waals surface area contributed by atoms with E-state index in [0.717, 1.165) is 28.7 Å². The van der Waals surface area contributed by atoms with Gasteiger partial charge < -0.3 is 16.0 Å². The molecule has 3 N–H and O–H groups in total. The van der Waals surface area contributed by atoms with E-state index in [4.69, 9.17) is 5.73 Å². The van der Waals surface area contributed by atoms with E-state index in [2.05, 4.69) is 21.4 Å². The average molecular weight is 257 g/mol. The number of nitrogens with zero attached hydrogens (tertiary/aromatic N) is 3. The number of aryl methyl sites for hydroxylation is 1. The van der Waals surface area contributed by atoms with Crippen LogP contribution in [-0.4, -0.2) is 24.1 Å². The first kappa shape index (κ1) is 13.3. The van der Waals surface area contributed by atoms with Gasteiger partial charge in [-0.25, -0.2) is 9.97 Å². The van der Waals surface area contributed by atoms with Gasteiger partial charge in [0.2, 0.25) is 0 Å². The summed E-state index contributed by atoms with van der Waals surface area (Å²) in [6.07, 6.45) is 0. The molecule has 100 valence electrons. The molecular weight excluding hydrogens is 238 g/mol. The van der Waals surface area contributed by atoms with E-state index in [0.29, 0.717) is 6.54 Å². The fourth-order valence-corrected chi connectivity index (χ4v) is 1.88. The molecule has 2 aromatic rings. The number of nitrogens with one attached hydrogen (secondary N) is 1. The van der Waals surface area contributed by atoms with Crippen LogP contribution in [0.2, 0.25) is 0 Å². The molecule has 0 atom stereocenters. The molecule has 0 aliphatic heterocycles.